The lowest BCUT2D eigenvalue weighted by Gasteiger charge is -2.21. The van der Waals surface area contributed by atoms with Crippen molar-refractivity contribution in [2.45, 2.75) is 33.9 Å². The molecule has 0 unspecified atom stereocenters. The number of nitrogens with zero attached hydrogens (tertiary/aromatic N) is 2. The number of ether oxygens (including phenoxy) is 2. The number of carbonyl (C=O) groups is 1. The summed E-state index contributed by atoms with van der Waals surface area (Å²) in [5, 5.41) is 9.50. The fraction of sp³-hybridized carbons (Fsp3) is 0.226. The van der Waals surface area contributed by atoms with Gasteiger partial charge in [-0.2, -0.15) is 4.98 Å². The number of halogens is 2. The number of pyridine rings is 1. The van der Waals surface area contributed by atoms with Crippen molar-refractivity contribution in [2.75, 3.05) is 13.1 Å². The number of aryl methyl sites for hydroxylation is 1. The average Bonchev–Trinajstić information content (AvgIpc) is 2.94. The molecule has 208 valence electrons. The van der Waals surface area contributed by atoms with E-state index in [1.165, 1.54) is 12.1 Å². The van der Waals surface area contributed by atoms with Crippen LogP contribution in [0.2, 0.25) is 0 Å². The molecule has 0 aliphatic rings. The summed E-state index contributed by atoms with van der Waals surface area (Å²) in [4.78, 5) is 17.8. The fourth-order valence-corrected chi connectivity index (χ4v) is 4.20. The van der Waals surface area contributed by atoms with Crippen LogP contribution in [0.25, 0.3) is 11.1 Å². The van der Waals surface area contributed by atoms with Crippen LogP contribution in [0.15, 0.2) is 66.7 Å². The van der Waals surface area contributed by atoms with E-state index < -0.39 is 29.4 Å². The Hall–Kier alpha value is -4.34. The second-order valence-corrected chi connectivity index (χ2v) is 9.26. The van der Waals surface area contributed by atoms with Gasteiger partial charge in [0.1, 0.15) is 17.1 Å². The molecule has 0 saturated carbocycles. The topological polar surface area (TPSA) is 97.9 Å². The Morgan fingerprint density at radius 2 is 1.57 bits per heavy atom. The molecule has 0 atom stereocenters. The zero-order valence-electron chi connectivity index (χ0n) is 22.6. The lowest BCUT2D eigenvalue weighted by atomic mass is 10.0. The van der Waals surface area contributed by atoms with Gasteiger partial charge >= 0.3 is 5.97 Å². The van der Waals surface area contributed by atoms with Crippen molar-refractivity contribution in [1.82, 2.24) is 9.88 Å². The van der Waals surface area contributed by atoms with Crippen molar-refractivity contribution in [3.63, 3.8) is 0 Å². The van der Waals surface area contributed by atoms with Crippen LogP contribution < -0.4 is 15.2 Å². The van der Waals surface area contributed by atoms with Gasteiger partial charge in [0, 0.05) is 24.7 Å². The summed E-state index contributed by atoms with van der Waals surface area (Å²) in [6.45, 7) is 8.31. The van der Waals surface area contributed by atoms with Gasteiger partial charge in [0.2, 0.25) is 0 Å². The minimum absolute atomic E-state index is 0.125. The number of hydrogen-bond donors (Lipinski definition) is 2. The largest absolute Gasteiger partial charge is 0.478 e. The molecule has 3 aromatic carbocycles. The molecule has 9 heteroatoms. The van der Waals surface area contributed by atoms with Crippen molar-refractivity contribution < 1.29 is 28.2 Å². The molecule has 0 aliphatic carbocycles. The lowest BCUT2D eigenvalue weighted by molar-refractivity contribution is 0.0694. The molecule has 4 rings (SSSR count). The second-order valence-electron chi connectivity index (χ2n) is 9.26. The van der Waals surface area contributed by atoms with Crippen LogP contribution in [0.3, 0.4) is 0 Å². The van der Waals surface area contributed by atoms with Crippen molar-refractivity contribution >= 4 is 5.97 Å². The highest BCUT2D eigenvalue weighted by molar-refractivity contribution is 5.91. The quantitative estimate of drug-likeness (QED) is 0.210. The highest BCUT2D eigenvalue weighted by atomic mass is 19.1. The molecule has 0 aliphatic heterocycles. The molecule has 0 amide bonds. The zero-order valence-corrected chi connectivity index (χ0v) is 22.6. The van der Waals surface area contributed by atoms with Gasteiger partial charge in [-0.1, -0.05) is 50.2 Å². The molecule has 0 radical (unpaired) electrons. The maximum Gasteiger partial charge on any atom is 0.339 e. The number of nitrogens with two attached hydrogens (primary N) is 1. The Labute approximate surface area is 231 Å². The van der Waals surface area contributed by atoms with Gasteiger partial charge in [-0.05, 0) is 66.5 Å². The number of benzene rings is 3. The number of aromatic carboxylic acids is 1. The van der Waals surface area contributed by atoms with Gasteiger partial charge in [-0.15, -0.1) is 0 Å². The predicted molar refractivity (Wildman–Crippen MR) is 149 cm³/mol. The first-order chi connectivity index (χ1) is 19.2. The molecule has 0 saturated heterocycles. The van der Waals surface area contributed by atoms with Crippen molar-refractivity contribution in [2.24, 2.45) is 5.73 Å². The first-order valence-corrected chi connectivity index (χ1v) is 12.9. The van der Waals surface area contributed by atoms with E-state index in [2.05, 4.69) is 9.88 Å². The molecule has 3 N–H and O–H groups in total. The van der Waals surface area contributed by atoms with Crippen molar-refractivity contribution in [1.29, 1.82) is 0 Å². The highest BCUT2D eigenvalue weighted by Gasteiger charge is 2.20. The van der Waals surface area contributed by atoms with Gasteiger partial charge < -0.3 is 20.3 Å². The van der Waals surface area contributed by atoms with Gasteiger partial charge in [0.05, 0.1) is 0 Å². The van der Waals surface area contributed by atoms with E-state index >= 15 is 0 Å². The van der Waals surface area contributed by atoms with Crippen LogP contribution in [0, 0.1) is 18.6 Å². The fourth-order valence-electron chi connectivity index (χ4n) is 4.20. The van der Waals surface area contributed by atoms with E-state index in [-0.39, 0.29) is 11.3 Å². The summed E-state index contributed by atoms with van der Waals surface area (Å²) in [5.41, 5.74) is 9.77. The van der Waals surface area contributed by atoms with E-state index in [9.17, 15) is 18.7 Å². The Bertz CT molecular complexity index is 1520. The summed E-state index contributed by atoms with van der Waals surface area (Å²) in [6, 6.07) is 18.4. The molecule has 0 fully saturated rings. The SMILES string of the molecule is CCN(CC)Cc1ccc(-c2cccc(CN)c2)cc1Oc1nc(Oc2cc(C)ccc2C(=O)O)c(F)cc1F. The highest BCUT2D eigenvalue weighted by Crippen LogP contribution is 2.35. The number of carboxylic acid groups (broad SMARTS) is 1. The Kier molecular flexibility index (Phi) is 9.08. The van der Waals surface area contributed by atoms with E-state index in [1.807, 2.05) is 50.2 Å². The van der Waals surface area contributed by atoms with Gasteiger partial charge in [-0.25, -0.2) is 13.6 Å². The molecule has 40 heavy (non-hydrogen) atoms. The predicted octanol–water partition coefficient (Wildman–Crippen LogP) is 6.92. The van der Waals surface area contributed by atoms with Crippen LogP contribution in [0.4, 0.5) is 8.78 Å². The zero-order chi connectivity index (χ0) is 28.8. The van der Waals surface area contributed by atoms with E-state index in [1.54, 1.807) is 19.1 Å². The summed E-state index contributed by atoms with van der Waals surface area (Å²) in [6.07, 6.45) is 0. The molecule has 4 aromatic rings. The minimum Gasteiger partial charge on any atom is -0.478 e. The van der Waals surface area contributed by atoms with E-state index in [4.69, 9.17) is 15.2 Å². The third kappa shape index (κ3) is 6.62. The van der Waals surface area contributed by atoms with Gasteiger partial charge in [0.25, 0.3) is 11.8 Å². The molecular weight excluding hydrogens is 516 g/mol. The van der Waals surface area contributed by atoms with Crippen LogP contribution in [-0.2, 0) is 13.1 Å². The monoisotopic (exact) mass is 547 g/mol. The number of carboxylic acids is 1. The van der Waals surface area contributed by atoms with Gasteiger partial charge in [0.15, 0.2) is 11.6 Å². The molecule has 0 bridgehead atoms. The van der Waals surface area contributed by atoms with E-state index in [0.29, 0.717) is 30.5 Å². The number of rotatable bonds is 11. The Balaban J connectivity index is 1.76. The first kappa shape index (κ1) is 28.7. The normalized spacial score (nSPS) is 11.1. The van der Waals surface area contributed by atoms with E-state index in [0.717, 1.165) is 35.3 Å². The van der Waals surface area contributed by atoms with Crippen molar-refractivity contribution in [3.05, 3.63) is 101 Å². The summed E-state index contributed by atoms with van der Waals surface area (Å²) >= 11 is 0. The third-order valence-electron chi connectivity index (χ3n) is 6.50. The van der Waals surface area contributed by atoms with Crippen LogP contribution >= 0.6 is 0 Å². The van der Waals surface area contributed by atoms with Crippen LogP contribution in [0.1, 0.15) is 40.9 Å². The standard InChI is InChI=1S/C31H31F2N3O4/c1-4-36(5-2)18-23-11-10-22(21-8-6-7-20(14-21)17-34)15-27(23)39-29-25(32)16-26(33)30(35-29)40-28-13-19(3)9-12-24(28)31(37)38/h6-16H,4-5,17-18,34H2,1-3H3,(H,37,38). The average molecular weight is 548 g/mol. The molecule has 0 spiro atoms. The number of aromatic nitrogens is 1. The lowest BCUT2D eigenvalue weighted by Crippen LogP contribution is -2.22. The van der Waals surface area contributed by atoms with Crippen LogP contribution in [0.5, 0.6) is 23.3 Å². The van der Waals surface area contributed by atoms with Crippen molar-refractivity contribution in [3.8, 4) is 34.4 Å². The Morgan fingerprint density at radius 3 is 2.23 bits per heavy atom. The van der Waals surface area contributed by atoms with Gasteiger partial charge in [-0.3, -0.25) is 4.90 Å². The summed E-state index contributed by atoms with van der Waals surface area (Å²) in [5.74, 6) is -4.29. The Morgan fingerprint density at radius 1 is 0.900 bits per heavy atom. The van der Waals surface area contributed by atoms with Crippen LogP contribution in [-0.4, -0.2) is 34.0 Å². The minimum atomic E-state index is -1.26. The smallest absolute Gasteiger partial charge is 0.339 e. The molecule has 1 heterocycles. The molecular formula is C31H31F2N3O4. The summed E-state index contributed by atoms with van der Waals surface area (Å²) in [7, 11) is 0. The molecule has 7 nitrogen and oxygen atoms in total. The molecule has 1 aromatic heterocycles. The first-order valence-electron chi connectivity index (χ1n) is 12.9. The maximum atomic E-state index is 15.0. The summed E-state index contributed by atoms with van der Waals surface area (Å²) < 4.78 is 41.2. The second kappa shape index (κ2) is 12.7. The number of hydrogen-bond acceptors (Lipinski definition) is 6. The third-order valence-corrected chi connectivity index (χ3v) is 6.50. The maximum absolute atomic E-state index is 15.0.